The third-order valence-corrected chi connectivity index (χ3v) is 5.28. The lowest BCUT2D eigenvalue weighted by Gasteiger charge is -2.28. The van der Waals surface area contributed by atoms with Crippen LogP contribution in [0.5, 0.6) is 5.75 Å². The predicted octanol–water partition coefficient (Wildman–Crippen LogP) is 2.00. The Kier molecular flexibility index (Phi) is 9.68. The van der Waals surface area contributed by atoms with Crippen LogP contribution in [0.4, 0.5) is 11.5 Å². The first kappa shape index (κ1) is 27.7. The van der Waals surface area contributed by atoms with E-state index in [9.17, 15) is 19.2 Å². The van der Waals surface area contributed by atoms with E-state index in [-0.39, 0.29) is 61.9 Å². The number of likely N-dealkylation sites (N-methyl/N-ethyl adjacent to an activating group) is 1. The van der Waals surface area contributed by atoms with E-state index in [1.165, 1.54) is 21.4 Å². The number of aromatic nitrogens is 2. The van der Waals surface area contributed by atoms with E-state index < -0.39 is 17.2 Å². The summed E-state index contributed by atoms with van der Waals surface area (Å²) in [7, 11) is 1.52. The van der Waals surface area contributed by atoms with Crippen molar-refractivity contribution in [1.82, 2.24) is 14.5 Å². The first-order chi connectivity index (χ1) is 16.4. The van der Waals surface area contributed by atoms with Crippen molar-refractivity contribution in [3.05, 3.63) is 50.7 Å². The van der Waals surface area contributed by atoms with Crippen LogP contribution >= 0.6 is 0 Å². The number of aryl methyl sites for hydroxylation is 1. The average molecular weight is 488 g/mol. The smallest absolute Gasteiger partial charge is 0.330 e. The number of anilines is 2. The lowest BCUT2D eigenvalue weighted by atomic mass is 10.2. The Bertz CT molecular complexity index is 1130. The number of H-pyrrole nitrogens is 1. The standard InChI is InChI=1S/C25H37N5O5/c1-16(2)13-29(22-23(26)30(14-17(3)4)25(34)27-24(22)33)21(32)15-28(6)20(31)11-12-35-19-9-7-18(5)8-10-19/h7-10,16-17H,11-15,26H2,1-6H3,(H,27,33,34). The highest BCUT2D eigenvalue weighted by molar-refractivity contribution is 5.98. The Morgan fingerprint density at radius 3 is 2.26 bits per heavy atom. The number of carbonyl (C=O) groups is 2. The van der Waals surface area contributed by atoms with Crippen LogP contribution in [-0.4, -0.2) is 53.0 Å². The van der Waals surface area contributed by atoms with Gasteiger partial charge in [-0.1, -0.05) is 45.4 Å². The number of nitrogens with two attached hydrogens (primary N) is 1. The van der Waals surface area contributed by atoms with Crippen LogP contribution in [0, 0.1) is 18.8 Å². The van der Waals surface area contributed by atoms with Gasteiger partial charge >= 0.3 is 5.69 Å². The van der Waals surface area contributed by atoms with Crippen molar-refractivity contribution < 1.29 is 14.3 Å². The minimum Gasteiger partial charge on any atom is -0.493 e. The van der Waals surface area contributed by atoms with Gasteiger partial charge in [0.15, 0.2) is 5.69 Å². The number of hydrogen-bond donors (Lipinski definition) is 2. The predicted molar refractivity (Wildman–Crippen MR) is 137 cm³/mol. The summed E-state index contributed by atoms with van der Waals surface area (Å²) in [5, 5.41) is 0. The normalized spacial score (nSPS) is 11.1. The molecule has 3 N–H and O–H groups in total. The zero-order chi connectivity index (χ0) is 26.3. The van der Waals surface area contributed by atoms with Crippen LogP contribution in [0.3, 0.4) is 0 Å². The molecule has 1 heterocycles. The number of nitrogens with one attached hydrogen (secondary N) is 1. The molecule has 0 saturated carbocycles. The minimum absolute atomic E-state index is 0.00661. The molecule has 0 unspecified atom stereocenters. The molecular weight excluding hydrogens is 450 g/mol. The zero-order valence-corrected chi connectivity index (χ0v) is 21.5. The number of aromatic amines is 1. The van der Waals surface area contributed by atoms with Gasteiger partial charge in [0.25, 0.3) is 5.56 Å². The fourth-order valence-corrected chi connectivity index (χ4v) is 3.53. The summed E-state index contributed by atoms with van der Waals surface area (Å²) in [4.78, 5) is 55.7. The van der Waals surface area contributed by atoms with Gasteiger partial charge in [-0.3, -0.25) is 23.9 Å². The topological polar surface area (TPSA) is 131 Å². The lowest BCUT2D eigenvalue weighted by Crippen LogP contribution is -2.47. The number of rotatable bonds is 11. The highest BCUT2D eigenvalue weighted by atomic mass is 16.5. The van der Waals surface area contributed by atoms with Gasteiger partial charge in [0.1, 0.15) is 11.6 Å². The van der Waals surface area contributed by atoms with Crippen LogP contribution < -0.4 is 26.6 Å². The third-order valence-electron chi connectivity index (χ3n) is 5.28. The van der Waals surface area contributed by atoms with Crippen LogP contribution in [0.25, 0.3) is 0 Å². The minimum atomic E-state index is -0.734. The molecule has 0 saturated heterocycles. The molecule has 1 aromatic heterocycles. The summed E-state index contributed by atoms with van der Waals surface area (Å²) < 4.78 is 6.87. The first-order valence-corrected chi connectivity index (χ1v) is 11.8. The molecule has 0 bridgehead atoms. The Hall–Kier alpha value is -3.56. The summed E-state index contributed by atoms with van der Waals surface area (Å²) in [6, 6.07) is 7.50. The van der Waals surface area contributed by atoms with Crippen LogP contribution in [-0.2, 0) is 16.1 Å². The maximum atomic E-state index is 13.2. The van der Waals surface area contributed by atoms with Gasteiger partial charge in [-0.25, -0.2) is 4.79 Å². The maximum Gasteiger partial charge on any atom is 0.330 e. The summed E-state index contributed by atoms with van der Waals surface area (Å²) in [6.45, 7) is 10.00. The van der Waals surface area contributed by atoms with Gasteiger partial charge in [-0.2, -0.15) is 0 Å². The molecule has 0 radical (unpaired) electrons. The first-order valence-electron chi connectivity index (χ1n) is 11.8. The molecule has 0 fully saturated rings. The number of benzene rings is 1. The summed E-state index contributed by atoms with van der Waals surface area (Å²) in [5.41, 5.74) is 5.90. The second-order valence-electron chi connectivity index (χ2n) is 9.56. The van der Waals surface area contributed by atoms with Crippen molar-refractivity contribution in [2.45, 2.75) is 47.6 Å². The molecule has 2 aromatic rings. The maximum absolute atomic E-state index is 13.2. The van der Waals surface area contributed by atoms with Gasteiger partial charge in [0.05, 0.1) is 19.6 Å². The Morgan fingerprint density at radius 2 is 1.69 bits per heavy atom. The second-order valence-corrected chi connectivity index (χ2v) is 9.56. The van der Waals surface area contributed by atoms with Gasteiger partial charge < -0.3 is 20.3 Å². The molecule has 10 nitrogen and oxygen atoms in total. The molecule has 10 heteroatoms. The van der Waals surface area contributed by atoms with E-state index in [2.05, 4.69) is 4.98 Å². The lowest BCUT2D eigenvalue weighted by molar-refractivity contribution is -0.134. The number of carbonyl (C=O) groups excluding carboxylic acids is 2. The molecule has 0 aliphatic carbocycles. The van der Waals surface area contributed by atoms with Crippen LogP contribution in [0.15, 0.2) is 33.9 Å². The largest absolute Gasteiger partial charge is 0.493 e. The van der Waals surface area contributed by atoms with Crippen molar-refractivity contribution in [2.24, 2.45) is 11.8 Å². The van der Waals surface area contributed by atoms with E-state index in [0.717, 1.165) is 5.56 Å². The molecule has 1 aromatic carbocycles. The van der Waals surface area contributed by atoms with Crippen LogP contribution in [0.1, 0.15) is 39.7 Å². The highest BCUT2D eigenvalue weighted by Gasteiger charge is 2.27. The fourth-order valence-electron chi connectivity index (χ4n) is 3.53. The molecule has 2 rings (SSSR count). The van der Waals surface area contributed by atoms with E-state index >= 15 is 0 Å². The summed E-state index contributed by atoms with van der Waals surface area (Å²) >= 11 is 0. The van der Waals surface area contributed by atoms with Crippen molar-refractivity contribution in [3.8, 4) is 5.75 Å². The van der Waals surface area contributed by atoms with E-state index in [4.69, 9.17) is 10.5 Å². The average Bonchev–Trinajstić information content (AvgIpc) is 2.76. The zero-order valence-electron chi connectivity index (χ0n) is 21.5. The highest BCUT2D eigenvalue weighted by Crippen LogP contribution is 2.20. The van der Waals surface area contributed by atoms with Crippen LogP contribution in [0.2, 0.25) is 0 Å². The summed E-state index contributed by atoms with van der Waals surface area (Å²) in [6.07, 6.45) is 0.0871. The van der Waals surface area contributed by atoms with E-state index in [1.54, 1.807) is 0 Å². The Labute approximate surface area is 205 Å². The number of nitrogens with zero attached hydrogens (tertiary/aromatic N) is 3. The van der Waals surface area contributed by atoms with E-state index in [1.807, 2.05) is 58.9 Å². The number of amides is 2. The quantitative estimate of drug-likeness (QED) is 0.498. The summed E-state index contributed by atoms with van der Waals surface area (Å²) in [5.74, 6) is -0.0537. The van der Waals surface area contributed by atoms with Gasteiger partial charge in [0, 0.05) is 20.1 Å². The SMILES string of the molecule is Cc1ccc(OCCC(=O)N(C)CC(=O)N(CC(C)C)c2c(N)n(CC(C)C)c(=O)[nH]c2=O)cc1. The Morgan fingerprint density at radius 1 is 1.06 bits per heavy atom. The molecule has 2 amide bonds. The van der Waals surface area contributed by atoms with Gasteiger partial charge in [0.2, 0.25) is 11.8 Å². The molecule has 35 heavy (non-hydrogen) atoms. The molecule has 0 aliphatic heterocycles. The van der Waals surface area contributed by atoms with E-state index in [0.29, 0.717) is 5.75 Å². The number of hydrogen-bond acceptors (Lipinski definition) is 6. The molecular formula is C25H37N5O5. The van der Waals surface area contributed by atoms with Gasteiger partial charge in [-0.05, 0) is 30.9 Å². The third kappa shape index (κ3) is 7.73. The fraction of sp³-hybridized carbons (Fsp3) is 0.520. The van der Waals surface area contributed by atoms with Crippen molar-refractivity contribution in [3.63, 3.8) is 0 Å². The molecule has 0 atom stereocenters. The molecule has 192 valence electrons. The van der Waals surface area contributed by atoms with Crippen molar-refractivity contribution >= 4 is 23.3 Å². The second kappa shape index (κ2) is 12.2. The number of ether oxygens (including phenoxy) is 1. The molecule has 0 aliphatic rings. The van der Waals surface area contributed by atoms with Crippen molar-refractivity contribution in [1.29, 1.82) is 0 Å². The van der Waals surface area contributed by atoms with Gasteiger partial charge in [-0.15, -0.1) is 0 Å². The van der Waals surface area contributed by atoms with Crippen molar-refractivity contribution in [2.75, 3.05) is 37.4 Å². The monoisotopic (exact) mass is 487 g/mol. The Balaban J connectivity index is 2.16. The molecule has 0 spiro atoms. The number of nitrogen functional groups attached to an aromatic ring is 1.